The molecule has 2 aromatic carbocycles. The molecule has 2 aromatic rings. The highest BCUT2D eigenvalue weighted by atomic mass is 35.5. The molecule has 1 heterocycles. The summed E-state index contributed by atoms with van der Waals surface area (Å²) in [5.74, 6) is -0.814. The van der Waals surface area contributed by atoms with E-state index in [0.29, 0.717) is 28.3 Å². The zero-order valence-electron chi connectivity index (χ0n) is 16.5. The van der Waals surface area contributed by atoms with Gasteiger partial charge < -0.3 is 9.84 Å². The molecule has 1 aliphatic carbocycles. The van der Waals surface area contributed by atoms with Gasteiger partial charge in [-0.1, -0.05) is 23.2 Å². The molecule has 0 bridgehead atoms. The molecule has 1 saturated carbocycles. The summed E-state index contributed by atoms with van der Waals surface area (Å²) in [5.41, 5.74) is 1.65. The zero-order valence-corrected chi connectivity index (χ0v) is 18.1. The van der Waals surface area contributed by atoms with E-state index in [2.05, 4.69) is 4.90 Å². The lowest BCUT2D eigenvalue weighted by atomic mass is 9.97. The molecule has 0 aromatic heterocycles. The fourth-order valence-electron chi connectivity index (χ4n) is 4.05. The molecule has 1 saturated heterocycles. The van der Waals surface area contributed by atoms with Crippen molar-refractivity contribution < 1.29 is 19.0 Å². The standard InChI is InChI=1S/C23H24Cl2FNO3/c24-17-7-15(8-18(25)9-17)12-27-5-3-14(4-6-27)13-30-22-11-21(26)20(23(28)29)10-19(22)16-1-2-16/h7-11,14,16H,1-6,12-13H2,(H,28,29). The second-order valence-electron chi connectivity index (χ2n) is 8.26. The van der Waals surface area contributed by atoms with Crippen LogP contribution in [0.1, 0.15) is 53.1 Å². The Balaban J connectivity index is 1.33. The van der Waals surface area contributed by atoms with E-state index in [1.807, 2.05) is 12.1 Å². The van der Waals surface area contributed by atoms with E-state index >= 15 is 0 Å². The van der Waals surface area contributed by atoms with Crippen LogP contribution in [0.4, 0.5) is 4.39 Å². The van der Waals surface area contributed by atoms with Gasteiger partial charge in [0.15, 0.2) is 0 Å². The number of hydrogen-bond acceptors (Lipinski definition) is 3. The van der Waals surface area contributed by atoms with Crippen LogP contribution in [0.25, 0.3) is 0 Å². The maximum absolute atomic E-state index is 14.2. The number of aromatic carboxylic acids is 1. The van der Waals surface area contributed by atoms with Gasteiger partial charge in [0.1, 0.15) is 11.6 Å². The van der Waals surface area contributed by atoms with Crippen LogP contribution in [-0.2, 0) is 6.54 Å². The maximum atomic E-state index is 14.2. The number of likely N-dealkylation sites (tertiary alicyclic amines) is 1. The Hall–Kier alpha value is -1.82. The SMILES string of the molecule is O=C(O)c1cc(C2CC2)c(OCC2CCN(Cc3cc(Cl)cc(Cl)c3)CC2)cc1F. The number of benzene rings is 2. The third-order valence-corrected chi connectivity index (χ3v) is 6.29. The van der Waals surface area contributed by atoms with Gasteiger partial charge in [0, 0.05) is 22.7 Å². The van der Waals surface area contributed by atoms with Gasteiger partial charge in [0.05, 0.1) is 12.2 Å². The van der Waals surface area contributed by atoms with Gasteiger partial charge in [-0.2, -0.15) is 0 Å². The van der Waals surface area contributed by atoms with Gasteiger partial charge in [-0.3, -0.25) is 4.90 Å². The number of carboxylic acids is 1. The molecule has 2 fully saturated rings. The van der Waals surface area contributed by atoms with Crippen LogP contribution in [0.2, 0.25) is 10.0 Å². The molecule has 0 amide bonds. The maximum Gasteiger partial charge on any atom is 0.338 e. The Morgan fingerprint density at radius 1 is 1.07 bits per heavy atom. The largest absolute Gasteiger partial charge is 0.493 e. The summed E-state index contributed by atoms with van der Waals surface area (Å²) in [7, 11) is 0. The predicted octanol–water partition coefficient (Wildman–Crippen LogP) is 6.00. The van der Waals surface area contributed by atoms with Crippen molar-refractivity contribution in [2.75, 3.05) is 19.7 Å². The molecule has 1 N–H and O–H groups in total. The third kappa shape index (κ3) is 5.26. The van der Waals surface area contributed by atoms with E-state index in [9.17, 15) is 14.3 Å². The van der Waals surface area contributed by atoms with Gasteiger partial charge in [-0.05, 0) is 86.0 Å². The molecule has 1 aliphatic heterocycles. The van der Waals surface area contributed by atoms with Crippen molar-refractivity contribution in [2.24, 2.45) is 5.92 Å². The lowest BCUT2D eigenvalue weighted by Gasteiger charge is -2.32. The van der Waals surface area contributed by atoms with Crippen LogP contribution in [0, 0.1) is 11.7 Å². The molecular formula is C23H24Cl2FNO3. The molecule has 0 atom stereocenters. The summed E-state index contributed by atoms with van der Waals surface area (Å²) in [4.78, 5) is 13.6. The first-order valence-electron chi connectivity index (χ1n) is 10.3. The van der Waals surface area contributed by atoms with Gasteiger partial charge in [-0.15, -0.1) is 0 Å². The monoisotopic (exact) mass is 451 g/mol. The van der Waals surface area contributed by atoms with Crippen molar-refractivity contribution in [3.63, 3.8) is 0 Å². The first-order valence-corrected chi connectivity index (χ1v) is 11.0. The van der Waals surface area contributed by atoms with Crippen LogP contribution in [-0.4, -0.2) is 35.7 Å². The molecule has 160 valence electrons. The predicted molar refractivity (Wildman–Crippen MR) is 115 cm³/mol. The summed E-state index contributed by atoms with van der Waals surface area (Å²) in [5, 5.41) is 10.5. The van der Waals surface area contributed by atoms with Crippen molar-refractivity contribution in [2.45, 2.75) is 38.1 Å². The van der Waals surface area contributed by atoms with E-state index in [0.717, 1.165) is 56.4 Å². The quantitative estimate of drug-likeness (QED) is 0.560. The Labute approximate surface area is 185 Å². The Kier molecular flexibility index (Phi) is 6.51. The Morgan fingerprint density at radius 2 is 1.73 bits per heavy atom. The number of carbonyl (C=O) groups is 1. The zero-order chi connectivity index (χ0) is 21.3. The number of piperidine rings is 1. The summed E-state index contributed by atoms with van der Waals surface area (Å²) in [6.07, 6.45) is 3.96. The molecule has 0 unspecified atom stereocenters. The highest BCUT2D eigenvalue weighted by molar-refractivity contribution is 6.34. The lowest BCUT2D eigenvalue weighted by molar-refractivity contribution is 0.0691. The average Bonchev–Trinajstić information content (AvgIpc) is 3.51. The van der Waals surface area contributed by atoms with Crippen molar-refractivity contribution in [3.8, 4) is 5.75 Å². The van der Waals surface area contributed by atoms with Crippen LogP contribution in [0.3, 0.4) is 0 Å². The molecule has 0 radical (unpaired) electrons. The molecule has 4 rings (SSSR count). The number of nitrogens with zero attached hydrogens (tertiary/aromatic N) is 1. The van der Waals surface area contributed by atoms with Crippen molar-refractivity contribution >= 4 is 29.2 Å². The summed E-state index contributed by atoms with van der Waals surface area (Å²) >= 11 is 12.2. The topological polar surface area (TPSA) is 49.8 Å². The van der Waals surface area contributed by atoms with E-state index in [1.54, 1.807) is 6.07 Å². The van der Waals surface area contributed by atoms with E-state index in [4.69, 9.17) is 27.9 Å². The minimum absolute atomic E-state index is 0.279. The third-order valence-electron chi connectivity index (χ3n) is 5.86. The molecule has 30 heavy (non-hydrogen) atoms. The Bertz CT molecular complexity index is 920. The first-order chi connectivity index (χ1) is 14.4. The Morgan fingerprint density at radius 3 is 2.33 bits per heavy atom. The van der Waals surface area contributed by atoms with Crippen molar-refractivity contribution in [1.29, 1.82) is 0 Å². The molecular weight excluding hydrogens is 428 g/mol. The van der Waals surface area contributed by atoms with E-state index < -0.39 is 11.8 Å². The second kappa shape index (κ2) is 9.13. The second-order valence-corrected chi connectivity index (χ2v) is 9.13. The fourth-order valence-corrected chi connectivity index (χ4v) is 4.62. The minimum atomic E-state index is -1.24. The highest BCUT2D eigenvalue weighted by Crippen LogP contribution is 2.45. The minimum Gasteiger partial charge on any atom is -0.493 e. The van der Waals surface area contributed by atoms with Crippen LogP contribution >= 0.6 is 23.2 Å². The number of hydrogen-bond donors (Lipinski definition) is 1. The number of ether oxygens (including phenoxy) is 1. The van der Waals surface area contributed by atoms with Gasteiger partial charge >= 0.3 is 5.97 Å². The lowest BCUT2D eigenvalue weighted by Crippen LogP contribution is -2.35. The number of halogens is 3. The fraction of sp³-hybridized carbons (Fsp3) is 0.435. The normalized spacial score (nSPS) is 17.8. The molecule has 0 spiro atoms. The van der Waals surface area contributed by atoms with Crippen molar-refractivity contribution in [3.05, 3.63) is 62.9 Å². The van der Waals surface area contributed by atoms with Crippen molar-refractivity contribution in [1.82, 2.24) is 4.90 Å². The summed E-state index contributed by atoms with van der Waals surface area (Å²) in [6.45, 7) is 3.21. The smallest absolute Gasteiger partial charge is 0.338 e. The summed E-state index contributed by atoms with van der Waals surface area (Å²) in [6, 6.07) is 8.31. The number of rotatable bonds is 7. The van der Waals surface area contributed by atoms with E-state index in [1.165, 1.54) is 12.1 Å². The average molecular weight is 452 g/mol. The van der Waals surface area contributed by atoms with Gasteiger partial charge in [0.25, 0.3) is 0 Å². The highest BCUT2D eigenvalue weighted by Gasteiger charge is 2.30. The summed E-state index contributed by atoms with van der Waals surface area (Å²) < 4.78 is 20.2. The first kappa shape index (κ1) is 21.4. The van der Waals surface area contributed by atoms with E-state index in [-0.39, 0.29) is 11.5 Å². The van der Waals surface area contributed by atoms with Crippen LogP contribution in [0.5, 0.6) is 5.75 Å². The van der Waals surface area contributed by atoms with Gasteiger partial charge in [-0.25, -0.2) is 9.18 Å². The number of carboxylic acid groups (broad SMARTS) is 1. The van der Waals surface area contributed by atoms with Gasteiger partial charge in [0.2, 0.25) is 0 Å². The molecule has 4 nitrogen and oxygen atoms in total. The van der Waals surface area contributed by atoms with Crippen LogP contribution < -0.4 is 4.74 Å². The molecule has 7 heteroatoms. The molecule has 2 aliphatic rings. The van der Waals surface area contributed by atoms with Crippen LogP contribution in [0.15, 0.2) is 30.3 Å².